The molecule has 0 aliphatic carbocycles. The predicted octanol–water partition coefficient (Wildman–Crippen LogP) is 2.46. The van der Waals surface area contributed by atoms with Gasteiger partial charge in [-0.2, -0.15) is 0 Å². The van der Waals surface area contributed by atoms with Gasteiger partial charge in [0.1, 0.15) is 5.82 Å². The van der Waals surface area contributed by atoms with Crippen LogP contribution in [0.3, 0.4) is 0 Å². The second-order valence-corrected chi connectivity index (χ2v) is 7.13. The van der Waals surface area contributed by atoms with Crippen molar-refractivity contribution in [2.24, 2.45) is 5.92 Å². The van der Waals surface area contributed by atoms with Crippen molar-refractivity contribution < 1.29 is 23.5 Å². The van der Waals surface area contributed by atoms with Crippen molar-refractivity contribution in [3.8, 4) is 0 Å². The highest BCUT2D eigenvalue weighted by molar-refractivity contribution is 9.10. The number of likely N-dealkylation sites (tertiary alicyclic amines) is 1. The third-order valence-corrected chi connectivity index (χ3v) is 4.77. The molecule has 1 unspecified atom stereocenters. The summed E-state index contributed by atoms with van der Waals surface area (Å²) in [5, 5.41) is 0. The average Bonchev–Trinajstić information content (AvgIpc) is 2.63. The largest absolute Gasteiger partial charge is 0.466 e. The van der Waals surface area contributed by atoms with Crippen LogP contribution in [0.5, 0.6) is 0 Å². The van der Waals surface area contributed by atoms with E-state index in [1.807, 2.05) is 0 Å². The van der Waals surface area contributed by atoms with E-state index in [9.17, 15) is 18.8 Å². The molecule has 1 atom stereocenters. The zero-order valence-electron chi connectivity index (χ0n) is 14.8. The van der Waals surface area contributed by atoms with Gasteiger partial charge < -0.3 is 14.5 Å². The monoisotopic (exact) mass is 428 g/mol. The Kier molecular flexibility index (Phi) is 7.14. The van der Waals surface area contributed by atoms with Crippen LogP contribution in [-0.2, 0) is 14.3 Å². The van der Waals surface area contributed by atoms with Crippen LogP contribution in [0, 0.1) is 11.7 Å². The van der Waals surface area contributed by atoms with Gasteiger partial charge in [0.05, 0.1) is 24.6 Å². The first-order valence-corrected chi connectivity index (χ1v) is 9.27. The van der Waals surface area contributed by atoms with Crippen molar-refractivity contribution in [1.82, 2.24) is 9.80 Å². The van der Waals surface area contributed by atoms with Crippen LogP contribution in [0.4, 0.5) is 4.39 Å². The van der Waals surface area contributed by atoms with E-state index in [0.717, 1.165) is 0 Å². The lowest BCUT2D eigenvalue weighted by Crippen LogP contribution is -2.47. The third kappa shape index (κ3) is 5.03. The fourth-order valence-corrected chi connectivity index (χ4v) is 3.26. The average molecular weight is 429 g/mol. The fraction of sp³-hybridized carbons (Fsp3) is 0.500. The number of esters is 1. The van der Waals surface area contributed by atoms with E-state index >= 15 is 0 Å². The Labute approximate surface area is 160 Å². The molecule has 26 heavy (non-hydrogen) atoms. The minimum absolute atomic E-state index is 0.0993. The number of rotatable bonds is 5. The first kappa shape index (κ1) is 20.4. The number of likely N-dealkylation sites (N-methyl/N-ethyl adjacent to an activating group) is 1. The molecule has 1 aromatic rings. The van der Waals surface area contributed by atoms with Crippen LogP contribution in [0.25, 0.3) is 0 Å². The minimum atomic E-state index is -0.641. The quantitative estimate of drug-likeness (QED) is 0.675. The molecule has 1 aromatic carbocycles. The van der Waals surface area contributed by atoms with Crippen molar-refractivity contribution >= 4 is 33.7 Å². The molecule has 0 radical (unpaired) electrons. The van der Waals surface area contributed by atoms with Gasteiger partial charge in [0.25, 0.3) is 5.91 Å². The van der Waals surface area contributed by atoms with E-state index < -0.39 is 11.7 Å². The maximum absolute atomic E-state index is 13.9. The second-order valence-electron chi connectivity index (χ2n) is 6.22. The van der Waals surface area contributed by atoms with Crippen LogP contribution in [-0.4, -0.2) is 60.9 Å². The van der Waals surface area contributed by atoms with E-state index in [-0.39, 0.29) is 36.4 Å². The van der Waals surface area contributed by atoms with E-state index in [4.69, 9.17) is 4.74 Å². The molecule has 142 valence electrons. The van der Waals surface area contributed by atoms with Crippen LogP contribution >= 0.6 is 15.9 Å². The van der Waals surface area contributed by atoms with Crippen LogP contribution in [0.15, 0.2) is 22.7 Å². The van der Waals surface area contributed by atoms with Gasteiger partial charge in [-0.15, -0.1) is 0 Å². The second kappa shape index (κ2) is 9.12. The van der Waals surface area contributed by atoms with Crippen LogP contribution in [0.1, 0.15) is 30.1 Å². The highest BCUT2D eigenvalue weighted by Gasteiger charge is 2.30. The molecule has 0 bridgehead atoms. The molecule has 1 heterocycles. The minimum Gasteiger partial charge on any atom is -0.466 e. The maximum atomic E-state index is 13.9. The summed E-state index contributed by atoms with van der Waals surface area (Å²) >= 11 is 3.20. The summed E-state index contributed by atoms with van der Waals surface area (Å²) in [6.45, 7) is 2.68. The topological polar surface area (TPSA) is 66.9 Å². The number of nitrogens with zero attached hydrogens (tertiary/aromatic N) is 2. The van der Waals surface area contributed by atoms with Crippen molar-refractivity contribution in [3.63, 3.8) is 0 Å². The molecule has 1 saturated heterocycles. The summed E-state index contributed by atoms with van der Waals surface area (Å²) < 4.78 is 19.5. The number of benzene rings is 1. The van der Waals surface area contributed by atoms with E-state index in [1.54, 1.807) is 11.8 Å². The van der Waals surface area contributed by atoms with Crippen molar-refractivity contribution in [3.05, 3.63) is 34.1 Å². The molecule has 0 spiro atoms. The zero-order valence-corrected chi connectivity index (χ0v) is 16.4. The van der Waals surface area contributed by atoms with Gasteiger partial charge in [-0.3, -0.25) is 14.4 Å². The predicted molar refractivity (Wildman–Crippen MR) is 97.0 cm³/mol. The molecule has 0 N–H and O–H groups in total. The SMILES string of the molecule is CCOC(=O)C1CCCN(C(=O)CN(C)C(=O)c2cc(Br)ccc2F)C1. The van der Waals surface area contributed by atoms with E-state index in [2.05, 4.69) is 15.9 Å². The van der Waals surface area contributed by atoms with Crippen LogP contribution < -0.4 is 0 Å². The molecule has 8 heteroatoms. The van der Waals surface area contributed by atoms with Crippen LogP contribution in [0.2, 0.25) is 0 Å². The summed E-state index contributed by atoms with van der Waals surface area (Å²) in [7, 11) is 1.45. The molecule has 0 aromatic heterocycles. The molecule has 1 fully saturated rings. The Morgan fingerprint density at radius 3 is 2.81 bits per heavy atom. The van der Waals surface area contributed by atoms with Crippen molar-refractivity contribution in [2.45, 2.75) is 19.8 Å². The van der Waals surface area contributed by atoms with Gasteiger partial charge in [-0.25, -0.2) is 4.39 Å². The van der Waals surface area contributed by atoms with Gasteiger partial charge in [0.2, 0.25) is 5.91 Å². The molecule has 1 aliphatic rings. The third-order valence-electron chi connectivity index (χ3n) is 4.27. The maximum Gasteiger partial charge on any atom is 0.310 e. The number of hydrogen-bond acceptors (Lipinski definition) is 4. The Morgan fingerprint density at radius 1 is 1.38 bits per heavy atom. The lowest BCUT2D eigenvalue weighted by atomic mass is 9.98. The summed E-state index contributed by atoms with van der Waals surface area (Å²) in [5.74, 6) is -2.12. The number of amides is 2. The summed E-state index contributed by atoms with van der Waals surface area (Å²) in [6.07, 6.45) is 1.38. The van der Waals surface area contributed by atoms with Crippen molar-refractivity contribution in [2.75, 3.05) is 33.3 Å². The van der Waals surface area contributed by atoms with E-state index in [0.29, 0.717) is 30.5 Å². The molecule has 6 nitrogen and oxygen atoms in total. The summed E-state index contributed by atoms with van der Waals surface area (Å²) in [6, 6.07) is 4.08. The Bertz CT molecular complexity index is 698. The number of carbonyl (C=O) groups excluding carboxylic acids is 3. The number of hydrogen-bond donors (Lipinski definition) is 0. The summed E-state index contributed by atoms with van der Waals surface area (Å²) in [5.41, 5.74) is -0.0993. The lowest BCUT2D eigenvalue weighted by Gasteiger charge is -2.32. The van der Waals surface area contributed by atoms with Gasteiger partial charge in [-0.1, -0.05) is 15.9 Å². The molecule has 1 aliphatic heterocycles. The molecular weight excluding hydrogens is 407 g/mol. The smallest absolute Gasteiger partial charge is 0.310 e. The van der Waals surface area contributed by atoms with Crippen molar-refractivity contribution in [1.29, 1.82) is 0 Å². The van der Waals surface area contributed by atoms with E-state index in [1.165, 1.54) is 30.1 Å². The molecule has 2 rings (SSSR count). The zero-order chi connectivity index (χ0) is 19.3. The Hall–Kier alpha value is -1.96. The fourth-order valence-electron chi connectivity index (χ4n) is 2.90. The summed E-state index contributed by atoms with van der Waals surface area (Å²) in [4.78, 5) is 39.5. The standard InChI is InChI=1S/C18H22BrFN2O4/c1-3-26-18(25)12-5-4-8-22(10-12)16(23)11-21(2)17(24)14-9-13(19)6-7-15(14)20/h6-7,9,12H,3-5,8,10-11H2,1-2H3. The van der Waals surface area contributed by atoms with Gasteiger partial charge >= 0.3 is 5.97 Å². The first-order chi connectivity index (χ1) is 12.3. The number of piperidine rings is 1. The van der Waals surface area contributed by atoms with Gasteiger partial charge in [-0.05, 0) is 38.0 Å². The number of halogens is 2. The van der Waals surface area contributed by atoms with Gasteiger partial charge in [0.15, 0.2) is 0 Å². The van der Waals surface area contributed by atoms with Gasteiger partial charge in [0, 0.05) is 24.6 Å². The first-order valence-electron chi connectivity index (χ1n) is 8.48. The molecule has 2 amide bonds. The Balaban J connectivity index is 1.98. The number of carbonyl (C=O) groups is 3. The molecular formula is C18H22BrFN2O4. The normalized spacial score (nSPS) is 16.9. The highest BCUT2D eigenvalue weighted by Crippen LogP contribution is 2.19. The number of ether oxygens (including phenoxy) is 1. The Morgan fingerprint density at radius 2 is 2.12 bits per heavy atom. The molecule has 0 saturated carbocycles. The lowest BCUT2D eigenvalue weighted by molar-refractivity contribution is -0.151. The highest BCUT2D eigenvalue weighted by atomic mass is 79.9.